The molecule has 5 heteroatoms. The van der Waals surface area contributed by atoms with Crippen molar-refractivity contribution in [2.24, 2.45) is 0 Å². The van der Waals surface area contributed by atoms with Crippen LogP contribution in [0.1, 0.15) is 24.3 Å². The molecule has 90 valence electrons. The van der Waals surface area contributed by atoms with Gasteiger partial charge >= 0.3 is 0 Å². The molecule has 1 N–H and O–H groups in total. The maximum absolute atomic E-state index is 4.25. The van der Waals surface area contributed by atoms with E-state index in [1.165, 1.54) is 4.88 Å². The lowest BCUT2D eigenvalue weighted by Gasteiger charge is -2.16. The summed E-state index contributed by atoms with van der Waals surface area (Å²) in [5, 5.41) is 6.55. The number of thioether (sulfide) groups is 1. The molecule has 0 bridgehead atoms. The van der Waals surface area contributed by atoms with E-state index in [-0.39, 0.29) is 0 Å². The number of nitrogens with zero attached hydrogens (tertiary/aromatic N) is 2. The topological polar surface area (TPSA) is 37.8 Å². The molecular weight excluding hydrogens is 250 g/mol. The van der Waals surface area contributed by atoms with Crippen LogP contribution in [0, 0.1) is 0 Å². The Morgan fingerprint density at radius 2 is 2.35 bits per heavy atom. The molecule has 2 rings (SSSR count). The van der Waals surface area contributed by atoms with Gasteiger partial charge in [0.15, 0.2) is 0 Å². The third-order valence-corrected chi connectivity index (χ3v) is 4.10. The summed E-state index contributed by atoms with van der Waals surface area (Å²) < 4.78 is 0. The van der Waals surface area contributed by atoms with Gasteiger partial charge in [-0.1, -0.05) is 13.0 Å². The molecule has 17 heavy (non-hydrogen) atoms. The number of thiophene rings is 1. The Labute approximate surface area is 110 Å². The first-order valence-corrected chi connectivity index (χ1v) is 7.60. The smallest absolute Gasteiger partial charge is 0.130 e. The Bertz CT molecular complexity index is 457. The molecule has 0 amide bonds. The molecule has 0 spiro atoms. The van der Waals surface area contributed by atoms with Crippen LogP contribution in [-0.2, 0) is 0 Å². The molecule has 1 unspecified atom stereocenters. The average molecular weight is 265 g/mol. The molecule has 0 radical (unpaired) electrons. The normalized spacial score (nSPS) is 12.4. The second kappa shape index (κ2) is 6.02. The molecule has 0 fully saturated rings. The summed E-state index contributed by atoms with van der Waals surface area (Å²) >= 11 is 3.40. The molecule has 1 atom stereocenters. The van der Waals surface area contributed by atoms with Crippen LogP contribution in [-0.4, -0.2) is 16.2 Å². The van der Waals surface area contributed by atoms with Crippen molar-refractivity contribution in [2.45, 2.75) is 24.4 Å². The zero-order chi connectivity index (χ0) is 12.1. The molecule has 0 aliphatic heterocycles. The number of nitrogens with one attached hydrogen (secondary N) is 1. The highest BCUT2D eigenvalue weighted by atomic mass is 32.2. The number of anilines is 1. The van der Waals surface area contributed by atoms with Crippen molar-refractivity contribution in [3.8, 4) is 0 Å². The Kier molecular flexibility index (Phi) is 4.39. The van der Waals surface area contributed by atoms with Crippen molar-refractivity contribution in [3.05, 3.63) is 34.8 Å². The summed E-state index contributed by atoms with van der Waals surface area (Å²) in [5.41, 5.74) is 0. The van der Waals surface area contributed by atoms with Gasteiger partial charge in [-0.3, -0.25) is 0 Å². The van der Waals surface area contributed by atoms with Gasteiger partial charge in [-0.25, -0.2) is 9.97 Å². The Hall–Kier alpha value is -1.07. The van der Waals surface area contributed by atoms with E-state index in [4.69, 9.17) is 0 Å². The van der Waals surface area contributed by atoms with Crippen LogP contribution >= 0.6 is 23.1 Å². The minimum absolute atomic E-state index is 0.333. The second-order valence-electron chi connectivity index (χ2n) is 3.57. The van der Waals surface area contributed by atoms with Crippen LogP contribution in [0.4, 0.5) is 5.82 Å². The summed E-state index contributed by atoms with van der Waals surface area (Å²) in [6.45, 7) is 2.17. The summed E-state index contributed by atoms with van der Waals surface area (Å²) in [7, 11) is 0. The van der Waals surface area contributed by atoms with Crippen molar-refractivity contribution in [2.75, 3.05) is 11.6 Å². The zero-order valence-corrected chi connectivity index (χ0v) is 11.5. The van der Waals surface area contributed by atoms with E-state index in [1.807, 2.05) is 12.3 Å². The summed E-state index contributed by atoms with van der Waals surface area (Å²) in [5.74, 6) is 0.893. The first-order chi connectivity index (χ1) is 8.33. The average Bonchev–Trinajstić information content (AvgIpc) is 2.90. The van der Waals surface area contributed by atoms with Crippen molar-refractivity contribution >= 4 is 28.9 Å². The maximum atomic E-state index is 4.25. The molecule has 2 heterocycles. The summed E-state index contributed by atoms with van der Waals surface area (Å²) in [6, 6.07) is 6.56. The minimum Gasteiger partial charge on any atom is -0.362 e. The van der Waals surface area contributed by atoms with E-state index in [0.29, 0.717) is 6.04 Å². The van der Waals surface area contributed by atoms with Crippen LogP contribution in [0.3, 0.4) is 0 Å². The van der Waals surface area contributed by atoms with Gasteiger partial charge in [-0.2, -0.15) is 0 Å². The third-order valence-electron chi connectivity index (χ3n) is 2.47. The first-order valence-electron chi connectivity index (χ1n) is 5.49. The molecule has 0 aromatic carbocycles. The van der Waals surface area contributed by atoms with Gasteiger partial charge in [0, 0.05) is 10.9 Å². The van der Waals surface area contributed by atoms with Gasteiger partial charge in [0.25, 0.3) is 0 Å². The first kappa shape index (κ1) is 12.4. The fourth-order valence-electron chi connectivity index (χ4n) is 1.57. The standard InChI is InChI=1S/C12H15N3S2/c1-3-9(10-5-4-6-17-10)15-11-7-12(16-2)14-8-13-11/h4-9H,3H2,1-2H3,(H,13,14,15). The lowest BCUT2D eigenvalue weighted by atomic mass is 10.2. The van der Waals surface area contributed by atoms with Crippen LogP contribution in [0.15, 0.2) is 34.9 Å². The van der Waals surface area contributed by atoms with Gasteiger partial charge in [0.2, 0.25) is 0 Å². The van der Waals surface area contributed by atoms with Gasteiger partial charge in [0.1, 0.15) is 17.2 Å². The SMILES string of the molecule is CCC(Nc1cc(SC)ncn1)c1cccs1. The molecule has 3 nitrogen and oxygen atoms in total. The van der Waals surface area contributed by atoms with E-state index in [0.717, 1.165) is 17.3 Å². The number of hydrogen-bond donors (Lipinski definition) is 1. The maximum Gasteiger partial charge on any atom is 0.130 e. The van der Waals surface area contributed by atoms with Crippen molar-refractivity contribution in [1.29, 1.82) is 0 Å². The predicted octanol–water partition coefficient (Wildman–Crippen LogP) is 3.82. The predicted molar refractivity (Wildman–Crippen MR) is 74.8 cm³/mol. The van der Waals surface area contributed by atoms with E-state index in [2.05, 4.69) is 39.7 Å². The molecular formula is C12H15N3S2. The quantitative estimate of drug-likeness (QED) is 0.658. The van der Waals surface area contributed by atoms with Gasteiger partial charge in [-0.05, 0) is 24.1 Å². The molecule has 0 aliphatic carbocycles. The molecule has 2 aromatic rings. The lowest BCUT2D eigenvalue weighted by molar-refractivity contribution is 0.756. The fourth-order valence-corrected chi connectivity index (χ4v) is 2.82. The fraction of sp³-hybridized carbons (Fsp3) is 0.333. The van der Waals surface area contributed by atoms with E-state index in [1.54, 1.807) is 29.4 Å². The van der Waals surface area contributed by atoms with Crippen LogP contribution in [0.2, 0.25) is 0 Å². The molecule has 0 saturated heterocycles. The zero-order valence-electron chi connectivity index (χ0n) is 9.88. The minimum atomic E-state index is 0.333. The highest BCUT2D eigenvalue weighted by Gasteiger charge is 2.10. The van der Waals surface area contributed by atoms with E-state index >= 15 is 0 Å². The van der Waals surface area contributed by atoms with E-state index < -0.39 is 0 Å². The molecule has 0 aliphatic rings. The van der Waals surface area contributed by atoms with Gasteiger partial charge in [0.05, 0.1) is 6.04 Å². The Balaban J connectivity index is 2.13. The Morgan fingerprint density at radius 3 is 3.00 bits per heavy atom. The van der Waals surface area contributed by atoms with Crippen LogP contribution in [0.5, 0.6) is 0 Å². The summed E-state index contributed by atoms with van der Waals surface area (Å²) in [6.07, 6.45) is 4.66. The van der Waals surface area contributed by atoms with Crippen LogP contribution < -0.4 is 5.32 Å². The highest BCUT2D eigenvalue weighted by molar-refractivity contribution is 7.98. The van der Waals surface area contributed by atoms with Crippen molar-refractivity contribution in [3.63, 3.8) is 0 Å². The van der Waals surface area contributed by atoms with Crippen molar-refractivity contribution < 1.29 is 0 Å². The second-order valence-corrected chi connectivity index (χ2v) is 5.37. The number of aromatic nitrogens is 2. The summed E-state index contributed by atoms with van der Waals surface area (Å²) in [4.78, 5) is 9.77. The van der Waals surface area contributed by atoms with Gasteiger partial charge < -0.3 is 5.32 Å². The third kappa shape index (κ3) is 3.20. The number of rotatable bonds is 5. The van der Waals surface area contributed by atoms with Crippen molar-refractivity contribution in [1.82, 2.24) is 9.97 Å². The molecule has 2 aromatic heterocycles. The van der Waals surface area contributed by atoms with E-state index in [9.17, 15) is 0 Å². The Morgan fingerprint density at radius 1 is 1.47 bits per heavy atom. The lowest BCUT2D eigenvalue weighted by Crippen LogP contribution is -2.09. The molecule has 0 saturated carbocycles. The largest absolute Gasteiger partial charge is 0.362 e. The number of hydrogen-bond acceptors (Lipinski definition) is 5. The highest BCUT2D eigenvalue weighted by Crippen LogP contribution is 2.26. The monoisotopic (exact) mass is 265 g/mol. The van der Waals surface area contributed by atoms with Crippen LogP contribution in [0.25, 0.3) is 0 Å². The van der Waals surface area contributed by atoms with Gasteiger partial charge in [-0.15, -0.1) is 23.1 Å².